The molecule has 7 nitrogen and oxygen atoms in total. The average molecular weight is 291 g/mol. The molecule has 0 radical (unpaired) electrons. The van der Waals surface area contributed by atoms with Gasteiger partial charge < -0.3 is 29.7 Å². The van der Waals surface area contributed by atoms with Gasteiger partial charge in [0.1, 0.15) is 11.7 Å². The van der Waals surface area contributed by atoms with Crippen LogP contribution in [0.15, 0.2) is 0 Å². The number of ether oxygens (including phenoxy) is 3. The van der Waals surface area contributed by atoms with Crippen LogP contribution in [0.4, 0.5) is 4.79 Å². The molecule has 3 N–H and O–H groups in total. The van der Waals surface area contributed by atoms with Crippen molar-refractivity contribution in [3.63, 3.8) is 0 Å². The molecule has 0 bridgehead atoms. The van der Waals surface area contributed by atoms with Crippen LogP contribution in [-0.4, -0.2) is 59.2 Å². The molecule has 1 heterocycles. The first kappa shape index (κ1) is 17.2. The SMILES string of the molecule is CC(C)(C)OC(=O)N[C@@H](C(O)CO)[C@H]1COC(C)(C)O1. The van der Waals surface area contributed by atoms with Gasteiger partial charge in [-0.15, -0.1) is 0 Å². The van der Waals surface area contributed by atoms with Gasteiger partial charge in [0.05, 0.1) is 25.4 Å². The maximum Gasteiger partial charge on any atom is 0.408 e. The van der Waals surface area contributed by atoms with Crippen molar-refractivity contribution in [1.29, 1.82) is 0 Å². The molecule has 7 heteroatoms. The van der Waals surface area contributed by atoms with Gasteiger partial charge in [-0.25, -0.2) is 4.79 Å². The van der Waals surface area contributed by atoms with Crippen LogP contribution in [0.3, 0.4) is 0 Å². The predicted molar refractivity (Wildman–Crippen MR) is 71.2 cm³/mol. The van der Waals surface area contributed by atoms with Crippen LogP contribution < -0.4 is 5.32 Å². The Balaban J connectivity index is 2.69. The highest BCUT2D eigenvalue weighted by Gasteiger charge is 2.41. The van der Waals surface area contributed by atoms with E-state index >= 15 is 0 Å². The lowest BCUT2D eigenvalue weighted by Gasteiger charge is -2.29. The molecule has 1 fully saturated rings. The molecule has 0 aromatic carbocycles. The monoisotopic (exact) mass is 291 g/mol. The summed E-state index contributed by atoms with van der Waals surface area (Å²) < 4.78 is 16.1. The topological polar surface area (TPSA) is 97.3 Å². The highest BCUT2D eigenvalue weighted by atomic mass is 16.7. The normalized spacial score (nSPS) is 25.1. The summed E-state index contributed by atoms with van der Waals surface area (Å²) in [4.78, 5) is 11.8. The summed E-state index contributed by atoms with van der Waals surface area (Å²) in [6.07, 6.45) is -2.40. The van der Waals surface area contributed by atoms with Gasteiger partial charge in [0, 0.05) is 0 Å². The van der Waals surface area contributed by atoms with Crippen LogP contribution >= 0.6 is 0 Å². The maximum atomic E-state index is 11.8. The number of hydrogen-bond donors (Lipinski definition) is 3. The minimum Gasteiger partial charge on any atom is -0.444 e. The smallest absolute Gasteiger partial charge is 0.408 e. The number of amides is 1. The standard InChI is InChI=1S/C13H25NO6/c1-12(2,3)20-11(17)14-10(8(16)6-15)9-7-18-13(4,5)19-9/h8-10,15-16H,6-7H2,1-5H3,(H,14,17)/t8?,9-,10+/m1/s1. The second kappa shape index (κ2) is 6.26. The number of carbonyl (C=O) groups is 1. The lowest BCUT2D eigenvalue weighted by atomic mass is 10.1. The van der Waals surface area contributed by atoms with Crippen molar-refractivity contribution in [2.75, 3.05) is 13.2 Å². The maximum absolute atomic E-state index is 11.8. The first-order valence-electron chi connectivity index (χ1n) is 6.64. The predicted octanol–water partition coefficient (Wildman–Crippen LogP) is 0.384. The van der Waals surface area contributed by atoms with Crippen molar-refractivity contribution in [2.45, 2.75) is 64.3 Å². The van der Waals surface area contributed by atoms with Crippen LogP contribution in [-0.2, 0) is 14.2 Å². The van der Waals surface area contributed by atoms with Crippen molar-refractivity contribution in [3.8, 4) is 0 Å². The highest BCUT2D eigenvalue weighted by molar-refractivity contribution is 5.68. The Hall–Kier alpha value is -0.890. The molecule has 118 valence electrons. The first-order valence-corrected chi connectivity index (χ1v) is 6.64. The van der Waals surface area contributed by atoms with E-state index in [1.165, 1.54) is 0 Å². The Morgan fingerprint density at radius 3 is 2.50 bits per heavy atom. The summed E-state index contributed by atoms with van der Waals surface area (Å²) >= 11 is 0. The molecular weight excluding hydrogens is 266 g/mol. The second-order valence-corrected chi connectivity index (χ2v) is 6.29. The second-order valence-electron chi connectivity index (χ2n) is 6.29. The van der Waals surface area contributed by atoms with Crippen molar-refractivity contribution in [1.82, 2.24) is 5.32 Å². The number of carbonyl (C=O) groups excluding carboxylic acids is 1. The van der Waals surface area contributed by atoms with Crippen molar-refractivity contribution in [2.24, 2.45) is 0 Å². The van der Waals surface area contributed by atoms with Crippen molar-refractivity contribution >= 4 is 6.09 Å². The van der Waals surface area contributed by atoms with Crippen LogP contribution in [0.1, 0.15) is 34.6 Å². The summed E-state index contributed by atoms with van der Waals surface area (Å²) in [5.74, 6) is -0.784. The molecule has 1 unspecified atom stereocenters. The van der Waals surface area contributed by atoms with E-state index in [-0.39, 0.29) is 6.61 Å². The molecule has 0 spiro atoms. The van der Waals surface area contributed by atoms with E-state index in [0.717, 1.165) is 0 Å². The summed E-state index contributed by atoms with van der Waals surface area (Å²) in [5.41, 5.74) is -0.648. The van der Waals surface area contributed by atoms with Gasteiger partial charge in [0.25, 0.3) is 0 Å². The van der Waals surface area contributed by atoms with E-state index in [1.807, 2.05) is 0 Å². The molecule has 0 aromatic heterocycles. The zero-order valence-electron chi connectivity index (χ0n) is 12.7. The van der Waals surface area contributed by atoms with Gasteiger partial charge in [0.2, 0.25) is 0 Å². The molecule has 1 saturated heterocycles. The molecule has 0 saturated carbocycles. The Kier molecular flexibility index (Phi) is 5.37. The van der Waals surface area contributed by atoms with Gasteiger partial charge in [-0.05, 0) is 34.6 Å². The molecule has 1 aliphatic heterocycles. The van der Waals surface area contributed by atoms with E-state index in [9.17, 15) is 9.90 Å². The van der Waals surface area contributed by atoms with E-state index in [4.69, 9.17) is 19.3 Å². The van der Waals surface area contributed by atoms with Crippen LogP contribution in [0, 0.1) is 0 Å². The molecule has 1 rings (SSSR count). The lowest BCUT2D eigenvalue weighted by Crippen LogP contribution is -2.54. The average Bonchev–Trinajstić information content (AvgIpc) is 2.63. The summed E-state index contributed by atoms with van der Waals surface area (Å²) in [7, 11) is 0. The highest BCUT2D eigenvalue weighted by Crippen LogP contribution is 2.25. The fourth-order valence-corrected chi connectivity index (χ4v) is 1.89. The third-order valence-electron chi connectivity index (χ3n) is 2.72. The summed E-state index contributed by atoms with van der Waals surface area (Å²) in [5, 5.41) is 21.5. The summed E-state index contributed by atoms with van der Waals surface area (Å²) in [6, 6.07) is -0.809. The van der Waals surface area contributed by atoms with Gasteiger partial charge in [0.15, 0.2) is 5.79 Å². The largest absolute Gasteiger partial charge is 0.444 e. The van der Waals surface area contributed by atoms with E-state index in [0.29, 0.717) is 0 Å². The summed E-state index contributed by atoms with van der Waals surface area (Å²) in [6.45, 7) is 8.41. The number of alkyl carbamates (subject to hydrolysis) is 1. The van der Waals surface area contributed by atoms with Crippen LogP contribution in [0.5, 0.6) is 0 Å². The number of nitrogens with one attached hydrogen (secondary N) is 1. The van der Waals surface area contributed by atoms with E-state index < -0.39 is 42.3 Å². The molecular formula is C13H25NO6. The van der Waals surface area contributed by atoms with Crippen molar-refractivity contribution in [3.05, 3.63) is 0 Å². The Morgan fingerprint density at radius 1 is 1.50 bits per heavy atom. The van der Waals surface area contributed by atoms with Crippen LogP contribution in [0.2, 0.25) is 0 Å². The van der Waals surface area contributed by atoms with Gasteiger partial charge in [-0.3, -0.25) is 0 Å². The van der Waals surface area contributed by atoms with Gasteiger partial charge in [-0.1, -0.05) is 0 Å². The minimum atomic E-state index is -1.16. The molecule has 0 aliphatic carbocycles. The number of aliphatic hydroxyl groups excluding tert-OH is 2. The molecule has 1 amide bonds. The third kappa shape index (κ3) is 5.24. The van der Waals surface area contributed by atoms with Gasteiger partial charge >= 0.3 is 6.09 Å². The minimum absolute atomic E-state index is 0.213. The zero-order chi connectivity index (χ0) is 15.6. The number of aliphatic hydroxyl groups is 2. The lowest BCUT2D eigenvalue weighted by molar-refractivity contribution is -0.146. The fraction of sp³-hybridized carbons (Fsp3) is 0.923. The van der Waals surface area contributed by atoms with Crippen LogP contribution in [0.25, 0.3) is 0 Å². The van der Waals surface area contributed by atoms with E-state index in [2.05, 4.69) is 5.32 Å². The molecule has 20 heavy (non-hydrogen) atoms. The third-order valence-corrected chi connectivity index (χ3v) is 2.72. The number of hydrogen-bond acceptors (Lipinski definition) is 6. The Bertz CT molecular complexity index is 338. The Labute approximate surface area is 119 Å². The van der Waals surface area contributed by atoms with E-state index in [1.54, 1.807) is 34.6 Å². The molecule has 0 aromatic rings. The fourth-order valence-electron chi connectivity index (χ4n) is 1.89. The first-order chi connectivity index (χ1) is 9.04. The zero-order valence-corrected chi connectivity index (χ0v) is 12.7. The number of rotatable bonds is 4. The quantitative estimate of drug-likeness (QED) is 0.693. The van der Waals surface area contributed by atoms with Gasteiger partial charge in [-0.2, -0.15) is 0 Å². The Morgan fingerprint density at radius 2 is 2.10 bits per heavy atom. The van der Waals surface area contributed by atoms with Crippen molar-refractivity contribution < 1.29 is 29.2 Å². The molecule has 1 aliphatic rings. The molecule has 3 atom stereocenters.